The Labute approximate surface area is 141 Å². The zero-order valence-corrected chi connectivity index (χ0v) is 15.0. The van der Waals surface area contributed by atoms with Crippen molar-refractivity contribution in [3.63, 3.8) is 0 Å². The Hall–Kier alpha value is -1.96. The minimum Gasteiger partial charge on any atom is -0.399 e. The first-order valence-corrected chi connectivity index (χ1v) is 8.82. The summed E-state index contributed by atoms with van der Waals surface area (Å²) in [5.74, 6) is 0. The van der Waals surface area contributed by atoms with Crippen LogP contribution in [0.1, 0.15) is 51.7 Å². The minimum absolute atomic E-state index is 0.0650. The third kappa shape index (κ3) is 3.36. The van der Waals surface area contributed by atoms with E-state index < -0.39 is 0 Å². The van der Waals surface area contributed by atoms with Gasteiger partial charge in [-0.05, 0) is 62.1 Å². The number of nitrogens with zero attached hydrogens (tertiary/aromatic N) is 1. The maximum atomic E-state index is 5.87. The van der Waals surface area contributed by atoms with Crippen LogP contribution in [0.4, 0.5) is 11.4 Å². The molecule has 0 heterocycles. The maximum Gasteiger partial charge on any atom is 0.0366 e. The fourth-order valence-electron chi connectivity index (χ4n) is 3.62. The summed E-state index contributed by atoms with van der Waals surface area (Å²) in [4.78, 5) is 2.38. The van der Waals surface area contributed by atoms with Crippen LogP contribution in [-0.2, 0) is 5.41 Å². The molecule has 2 nitrogen and oxygen atoms in total. The monoisotopic (exact) mass is 310 g/mol. The van der Waals surface area contributed by atoms with Crippen LogP contribution < -0.4 is 10.6 Å². The molecule has 0 saturated heterocycles. The first-order valence-electron chi connectivity index (χ1n) is 8.82. The Bertz CT molecular complexity index is 591. The van der Waals surface area contributed by atoms with E-state index in [1.165, 1.54) is 16.8 Å². The predicted molar refractivity (Wildman–Crippen MR) is 102 cm³/mol. The molecule has 23 heavy (non-hydrogen) atoms. The van der Waals surface area contributed by atoms with Crippen LogP contribution >= 0.6 is 0 Å². The van der Waals surface area contributed by atoms with Crippen LogP contribution in [0.3, 0.4) is 0 Å². The van der Waals surface area contributed by atoms with Gasteiger partial charge >= 0.3 is 0 Å². The highest BCUT2D eigenvalue weighted by molar-refractivity contribution is 5.51. The Kier molecular flexibility index (Phi) is 5.70. The fourth-order valence-corrected chi connectivity index (χ4v) is 3.62. The third-order valence-corrected chi connectivity index (χ3v) is 5.22. The molecule has 2 aromatic carbocycles. The lowest BCUT2D eigenvalue weighted by Crippen LogP contribution is -2.26. The van der Waals surface area contributed by atoms with E-state index in [0.29, 0.717) is 0 Å². The smallest absolute Gasteiger partial charge is 0.0366 e. The molecular formula is C21H30N2. The van der Waals surface area contributed by atoms with Crippen molar-refractivity contribution in [2.75, 3.05) is 23.7 Å². The molecule has 0 fully saturated rings. The Morgan fingerprint density at radius 2 is 1.17 bits per heavy atom. The Balaban J connectivity index is 2.43. The molecule has 0 atom stereocenters. The van der Waals surface area contributed by atoms with Crippen LogP contribution in [0.25, 0.3) is 0 Å². The number of nitrogen functional groups attached to an aromatic ring is 1. The van der Waals surface area contributed by atoms with Gasteiger partial charge in [0.1, 0.15) is 0 Å². The zero-order chi connectivity index (χ0) is 16.9. The van der Waals surface area contributed by atoms with Gasteiger partial charge in [-0.3, -0.25) is 0 Å². The van der Waals surface area contributed by atoms with E-state index in [1.54, 1.807) is 0 Å². The first kappa shape index (κ1) is 17.4. The summed E-state index contributed by atoms with van der Waals surface area (Å²) in [7, 11) is 0. The molecule has 0 saturated carbocycles. The summed E-state index contributed by atoms with van der Waals surface area (Å²) in [6.07, 6.45) is 2.16. The summed E-state index contributed by atoms with van der Waals surface area (Å²) in [6, 6.07) is 17.5. The Morgan fingerprint density at radius 3 is 1.57 bits per heavy atom. The molecule has 0 aliphatic heterocycles. The molecule has 2 rings (SSSR count). The van der Waals surface area contributed by atoms with Gasteiger partial charge in [0, 0.05) is 29.9 Å². The van der Waals surface area contributed by atoms with Crippen molar-refractivity contribution in [3.8, 4) is 0 Å². The van der Waals surface area contributed by atoms with Gasteiger partial charge in [-0.2, -0.15) is 0 Å². The highest BCUT2D eigenvalue weighted by Gasteiger charge is 2.30. The van der Waals surface area contributed by atoms with Crippen LogP contribution in [0.5, 0.6) is 0 Å². The average molecular weight is 310 g/mol. The lowest BCUT2D eigenvalue weighted by Gasteiger charge is -2.34. The lowest BCUT2D eigenvalue weighted by molar-refractivity contribution is 0.478. The summed E-state index contributed by atoms with van der Waals surface area (Å²) in [5, 5.41) is 0. The van der Waals surface area contributed by atoms with Crippen molar-refractivity contribution in [2.45, 2.75) is 46.0 Å². The molecule has 0 aromatic heterocycles. The SMILES string of the molecule is CCN(CC)c1ccc(C(CC)(CC)c2ccc(N)cc2)cc1. The van der Waals surface area contributed by atoms with E-state index in [0.717, 1.165) is 31.6 Å². The van der Waals surface area contributed by atoms with Gasteiger partial charge in [0.15, 0.2) is 0 Å². The van der Waals surface area contributed by atoms with Crippen molar-refractivity contribution in [2.24, 2.45) is 0 Å². The number of hydrogen-bond donors (Lipinski definition) is 1. The van der Waals surface area contributed by atoms with E-state index in [1.807, 2.05) is 12.1 Å². The van der Waals surface area contributed by atoms with Gasteiger partial charge in [-0.15, -0.1) is 0 Å². The van der Waals surface area contributed by atoms with E-state index in [4.69, 9.17) is 5.73 Å². The fraction of sp³-hybridized carbons (Fsp3) is 0.429. The summed E-state index contributed by atoms with van der Waals surface area (Å²) >= 11 is 0. The van der Waals surface area contributed by atoms with Crippen molar-refractivity contribution in [1.29, 1.82) is 0 Å². The van der Waals surface area contributed by atoms with Crippen LogP contribution in [-0.4, -0.2) is 13.1 Å². The van der Waals surface area contributed by atoms with Gasteiger partial charge in [0.05, 0.1) is 0 Å². The second kappa shape index (κ2) is 7.54. The molecule has 0 aliphatic rings. The van der Waals surface area contributed by atoms with Gasteiger partial charge in [-0.25, -0.2) is 0 Å². The predicted octanol–water partition coefficient (Wildman–Crippen LogP) is 5.22. The van der Waals surface area contributed by atoms with E-state index in [2.05, 4.69) is 69.0 Å². The number of nitrogens with two attached hydrogens (primary N) is 1. The molecule has 0 radical (unpaired) electrons. The number of rotatable bonds is 7. The highest BCUT2D eigenvalue weighted by Crippen LogP contribution is 2.39. The van der Waals surface area contributed by atoms with Crippen LogP contribution in [0.15, 0.2) is 48.5 Å². The second-order valence-corrected chi connectivity index (χ2v) is 6.13. The van der Waals surface area contributed by atoms with Gasteiger partial charge in [-0.1, -0.05) is 38.1 Å². The average Bonchev–Trinajstić information content (AvgIpc) is 2.60. The molecule has 0 spiro atoms. The van der Waals surface area contributed by atoms with Gasteiger partial charge in [0.2, 0.25) is 0 Å². The van der Waals surface area contributed by atoms with Crippen molar-refractivity contribution in [1.82, 2.24) is 0 Å². The maximum absolute atomic E-state index is 5.87. The molecular weight excluding hydrogens is 280 g/mol. The Morgan fingerprint density at radius 1 is 0.739 bits per heavy atom. The second-order valence-electron chi connectivity index (χ2n) is 6.13. The summed E-state index contributed by atoms with van der Waals surface area (Å²) < 4.78 is 0. The van der Waals surface area contributed by atoms with Crippen molar-refractivity contribution in [3.05, 3.63) is 59.7 Å². The van der Waals surface area contributed by atoms with Crippen LogP contribution in [0.2, 0.25) is 0 Å². The lowest BCUT2D eigenvalue weighted by atomic mass is 9.70. The first-order chi connectivity index (χ1) is 11.1. The van der Waals surface area contributed by atoms with E-state index >= 15 is 0 Å². The molecule has 2 aromatic rings. The zero-order valence-electron chi connectivity index (χ0n) is 15.0. The molecule has 124 valence electrons. The molecule has 0 unspecified atom stereocenters. The number of benzene rings is 2. The van der Waals surface area contributed by atoms with E-state index in [9.17, 15) is 0 Å². The van der Waals surface area contributed by atoms with Gasteiger partial charge < -0.3 is 10.6 Å². The van der Waals surface area contributed by atoms with Gasteiger partial charge in [0.25, 0.3) is 0 Å². The van der Waals surface area contributed by atoms with E-state index in [-0.39, 0.29) is 5.41 Å². The normalized spacial score (nSPS) is 11.5. The summed E-state index contributed by atoms with van der Waals surface area (Å²) in [5.41, 5.74) is 10.8. The number of anilines is 2. The largest absolute Gasteiger partial charge is 0.399 e. The quantitative estimate of drug-likeness (QED) is 0.710. The minimum atomic E-state index is 0.0650. The molecule has 2 N–H and O–H groups in total. The molecule has 2 heteroatoms. The topological polar surface area (TPSA) is 29.3 Å². The van der Waals surface area contributed by atoms with Crippen LogP contribution in [0, 0.1) is 0 Å². The molecule has 0 bridgehead atoms. The number of hydrogen-bond acceptors (Lipinski definition) is 2. The molecule has 0 aliphatic carbocycles. The molecule has 0 amide bonds. The van der Waals surface area contributed by atoms with Crippen molar-refractivity contribution < 1.29 is 0 Å². The highest BCUT2D eigenvalue weighted by atomic mass is 15.1. The van der Waals surface area contributed by atoms with Crippen molar-refractivity contribution >= 4 is 11.4 Å². The third-order valence-electron chi connectivity index (χ3n) is 5.22. The summed E-state index contributed by atoms with van der Waals surface area (Å²) in [6.45, 7) is 11.0. The standard InChI is InChI=1S/C21H30N2/c1-5-21(6-2,17-9-13-19(22)14-10-17)18-11-15-20(16-12-18)23(7-3)8-4/h9-16H,5-8,22H2,1-4H3.